The fourth-order valence-electron chi connectivity index (χ4n) is 2.87. The number of furan rings is 1. The highest BCUT2D eigenvalue weighted by molar-refractivity contribution is 7.89. The number of carbonyl (C=O) groups excluding carboxylic acids is 2. The zero-order valence-corrected chi connectivity index (χ0v) is 18.6. The minimum absolute atomic E-state index is 0.0332. The molecule has 3 rings (SSSR count). The monoisotopic (exact) mass is 455 g/mol. The molecule has 0 spiro atoms. The van der Waals surface area contributed by atoms with E-state index in [4.69, 9.17) is 4.42 Å². The normalized spacial score (nSPS) is 11.3. The second-order valence-corrected chi connectivity index (χ2v) is 9.37. The Balaban J connectivity index is 1.58. The van der Waals surface area contributed by atoms with Gasteiger partial charge in [0, 0.05) is 23.4 Å². The lowest BCUT2D eigenvalue weighted by molar-refractivity contribution is -0.116. The largest absolute Gasteiger partial charge is 0.468 e. The Morgan fingerprint density at radius 3 is 2.09 bits per heavy atom. The zero-order chi connectivity index (χ0) is 23.1. The van der Waals surface area contributed by atoms with Crippen LogP contribution in [0.5, 0.6) is 0 Å². The van der Waals surface area contributed by atoms with E-state index in [9.17, 15) is 18.0 Å². The highest BCUT2D eigenvalue weighted by Crippen LogP contribution is 2.17. The maximum absolute atomic E-state index is 12.5. The molecule has 8 nitrogen and oxygen atoms in total. The molecule has 0 fully saturated rings. The Labute approximate surface area is 187 Å². The van der Waals surface area contributed by atoms with Gasteiger partial charge in [0.25, 0.3) is 5.91 Å². The lowest BCUT2D eigenvalue weighted by atomic mass is 10.1. The van der Waals surface area contributed by atoms with E-state index in [1.54, 1.807) is 36.4 Å². The summed E-state index contributed by atoms with van der Waals surface area (Å²) >= 11 is 0. The number of amides is 2. The average Bonchev–Trinajstić information content (AvgIpc) is 3.27. The lowest BCUT2D eigenvalue weighted by Crippen LogP contribution is -2.23. The Kier molecular flexibility index (Phi) is 7.45. The summed E-state index contributed by atoms with van der Waals surface area (Å²) in [6.07, 6.45) is 1.90. The van der Waals surface area contributed by atoms with E-state index >= 15 is 0 Å². The van der Waals surface area contributed by atoms with Crippen LogP contribution in [-0.4, -0.2) is 20.2 Å². The molecular weight excluding hydrogens is 430 g/mol. The van der Waals surface area contributed by atoms with Crippen molar-refractivity contribution in [2.75, 3.05) is 10.6 Å². The quantitative estimate of drug-likeness (QED) is 0.451. The van der Waals surface area contributed by atoms with Gasteiger partial charge in [-0.15, -0.1) is 0 Å². The maximum Gasteiger partial charge on any atom is 0.255 e. The molecule has 9 heteroatoms. The molecule has 1 aromatic heterocycles. The third-order valence-electron chi connectivity index (χ3n) is 4.46. The average molecular weight is 456 g/mol. The van der Waals surface area contributed by atoms with Crippen LogP contribution in [0.2, 0.25) is 0 Å². The molecule has 0 radical (unpaired) electrons. The fraction of sp³-hybridized carbons (Fsp3) is 0.217. The SMILES string of the molecule is CC(C)CC(=O)Nc1ccc(NC(=O)c2ccc(S(=O)(=O)NCc3ccco3)cc2)cc1. The summed E-state index contributed by atoms with van der Waals surface area (Å²) < 4.78 is 32.3. The minimum atomic E-state index is -3.74. The second-order valence-electron chi connectivity index (χ2n) is 7.61. The van der Waals surface area contributed by atoms with E-state index in [1.807, 2.05) is 13.8 Å². The summed E-state index contributed by atoms with van der Waals surface area (Å²) in [7, 11) is -3.74. The summed E-state index contributed by atoms with van der Waals surface area (Å²) in [4.78, 5) is 24.4. The van der Waals surface area contributed by atoms with Gasteiger partial charge in [0.1, 0.15) is 5.76 Å². The number of anilines is 2. The van der Waals surface area contributed by atoms with Crippen molar-refractivity contribution in [1.29, 1.82) is 0 Å². The Morgan fingerprint density at radius 2 is 1.53 bits per heavy atom. The van der Waals surface area contributed by atoms with Gasteiger partial charge in [0.2, 0.25) is 15.9 Å². The first-order valence-corrected chi connectivity index (χ1v) is 11.5. The number of hydrogen-bond acceptors (Lipinski definition) is 5. The molecule has 168 valence electrons. The molecule has 0 bridgehead atoms. The first-order valence-electron chi connectivity index (χ1n) is 10.1. The Hall–Kier alpha value is -3.43. The Morgan fingerprint density at radius 1 is 0.906 bits per heavy atom. The molecule has 1 heterocycles. The van der Waals surface area contributed by atoms with Gasteiger partial charge in [-0.3, -0.25) is 9.59 Å². The highest BCUT2D eigenvalue weighted by atomic mass is 32.2. The van der Waals surface area contributed by atoms with Crippen LogP contribution in [0.4, 0.5) is 11.4 Å². The number of nitrogens with one attached hydrogen (secondary N) is 3. The van der Waals surface area contributed by atoms with Crippen LogP contribution in [0.3, 0.4) is 0 Å². The highest BCUT2D eigenvalue weighted by Gasteiger charge is 2.15. The van der Waals surface area contributed by atoms with Gasteiger partial charge in [0.15, 0.2) is 0 Å². The van der Waals surface area contributed by atoms with Crippen LogP contribution in [0.15, 0.2) is 76.2 Å². The smallest absolute Gasteiger partial charge is 0.255 e. The van der Waals surface area contributed by atoms with Crippen molar-refractivity contribution in [3.63, 3.8) is 0 Å². The molecule has 3 aromatic rings. The molecular formula is C23H25N3O5S. The molecule has 0 aliphatic rings. The third-order valence-corrected chi connectivity index (χ3v) is 5.88. The van der Waals surface area contributed by atoms with E-state index in [1.165, 1.54) is 30.5 Å². The van der Waals surface area contributed by atoms with E-state index < -0.39 is 10.0 Å². The zero-order valence-electron chi connectivity index (χ0n) is 17.8. The van der Waals surface area contributed by atoms with Crippen LogP contribution in [0, 0.1) is 5.92 Å². The van der Waals surface area contributed by atoms with Crippen molar-refractivity contribution in [3.8, 4) is 0 Å². The first kappa shape index (κ1) is 23.2. The topological polar surface area (TPSA) is 118 Å². The van der Waals surface area contributed by atoms with Gasteiger partial charge < -0.3 is 15.1 Å². The number of hydrogen-bond donors (Lipinski definition) is 3. The Bertz CT molecular complexity index is 1150. The minimum Gasteiger partial charge on any atom is -0.468 e. The molecule has 0 atom stereocenters. The van der Waals surface area contributed by atoms with Crippen LogP contribution in [0.25, 0.3) is 0 Å². The molecule has 3 N–H and O–H groups in total. The van der Waals surface area contributed by atoms with Crippen molar-refractivity contribution in [2.45, 2.75) is 31.7 Å². The predicted octanol–water partition coefficient (Wildman–Crippen LogP) is 4.00. The van der Waals surface area contributed by atoms with Gasteiger partial charge in [-0.2, -0.15) is 0 Å². The van der Waals surface area contributed by atoms with Gasteiger partial charge in [-0.05, 0) is 66.6 Å². The van der Waals surface area contributed by atoms with E-state index in [0.717, 1.165) is 0 Å². The standard InChI is InChI=1S/C23H25N3O5S/c1-16(2)14-22(27)25-18-7-9-19(10-8-18)26-23(28)17-5-11-21(12-6-17)32(29,30)24-15-20-4-3-13-31-20/h3-13,16,24H,14-15H2,1-2H3,(H,25,27)(H,26,28). The molecule has 0 saturated carbocycles. The molecule has 0 aliphatic heterocycles. The van der Waals surface area contributed by atoms with Crippen molar-refractivity contribution in [3.05, 3.63) is 78.3 Å². The van der Waals surface area contributed by atoms with Gasteiger partial charge in [0.05, 0.1) is 17.7 Å². The number of carbonyl (C=O) groups is 2. The first-order chi connectivity index (χ1) is 15.2. The fourth-order valence-corrected chi connectivity index (χ4v) is 3.86. The third kappa shape index (κ3) is 6.53. The van der Waals surface area contributed by atoms with E-state index in [2.05, 4.69) is 15.4 Å². The summed E-state index contributed by atoms with van der Waals surface area (Å²) in [6, 6.07) is 15.7. The van der Waals surface area contributed by atoms with Crippen LogP contribution in [0.1, 0.15) is 36.4 Å². The van der Waals surface area contributed by atoms with E-state index in [-0.39, 0.29) is 29.2 Å². The molecule has 2 amide bonds. The molecule has 0 saturated heterocycles. The predicted molar refractivity (Wildman–Crippen MR) is 122 cm³/mol. The van der Waals surface area contributed by atoms with Crippen LogP contribution in [-0.2, 0) is 21.4 Å². The number of sulfonamides is 1. The summed E-state index contributed by atoms with van der Waals surface area (Å²) in [5, 5.41) is 5.55. The molecule has 2 aromatic carbocycles. The van der Waals surface area contributed by atoms with Crippen molar-refractivity contribution < 1.29 is 22.4 Å². The van der Waals surface area contributed by atoms with Crippen LogP contribution < -0.4 is 15.4 Å². The van der Waals surface area contributed by atoms with Crippen LogP contribution >= 0.6 is 0 Å². The second kappa shape index (κ2) is 10.3. The molecule has 0 aliphatic carbocycles. The number of rotatable bonds is 9. The van der Waals surface area contributed by atoms with E-state index in [0.29, 0.717) is 29.1 Å². The van der Waals surface area contributed by atoms with Gasteiger partial charge in [-0.1, -0.05) is 13.8 Å². The summed E-state index contributed by atoms with van der Waals surface area (Å²) in [5.41, 5.74) is 1.50. The maximum atomic E-state index is 12.5. The summed E-state index contributed by atoms with van der Waals surface area (Å²) in [5.74, 6) is 0.316. The van der Waals surface area contributed by atoms with Gasteiger partial charge >= 0.3 is 0 Å². The van der Waals surface area contributed by atoms with Crippen molar-refractivity contribution in [1.82, 2.24) is 4.72 Å². The van der Waals surface area contributed by atoms with Crippen molar-refractivity contribution >= 4 is 33.2 Å². The molecule has 32 heavy (non-hydrogen) atoms. The van der Waals surface area contributed by atoms with Crippen molar-refractivity contribution in [2.24, 2.45) is 5.92 Å². The number of benzene rings is 2. The summed E-state index contributed by atoms with van der Waals surface area (Å²) in [6.45, 7) is 3.97. The van der Waals surface area contributed by atoms with Gasteiger partial charge in [-0.25, -0.2) is 13.1 Å². The lowest BCUT2D eigenvalue weighted by Gasteiger charge is -2.10. The molecule has 0 unspecified atom stereocenters.